The zero-order chi connectivity index (χ0) is 20.4. The number of carbonyl (C=O) groups excluding carboxylic acids is 2. The second-order valence-corrected chi connectivity index (χ2v) is 7.13. The zero-order valence-corrected chi connectivity index (χ0v) is 15.8. The summed E-state index contributed by atoms with van der Waals surface area (Å²) in [5, 5.41) is 12.1. The lowest BCUT2D eigenvalue weighted by atomic mass is 10.0. The number of fused-ring (bicyclic) bond motifs is 1. The molecular formula is C23H21FN2O3. The van der Waals surface area contributed by atoms with Gasteiger partial charge in [-0.3, -0.25) is 9.59 Å². The van der Waals surface area contributed by atoms with Gasteiger partial charge in [0.15, 0.2) is 0 Å². The van der Waals surface area contributed by atoms with Crippen molar-refractivity contribution in [2.75, 3.05) is 26.2 Å². The van der Waals surface area contributed by atoms with Gasteiger partial charge in [0.2, 0.25) is 0 Å². The molecule has 6 heteroatoms. The molecule has 1 N–H and O–H groups in total. The van der Waals surface area contributed by atoms with Crippen molar-refractivity contribution in [3.63, 3.8) is 0 Å². The molecule has 0 aliphatic carbocycles. The number of hydrogen-bond donors (Lipinski definition) is 1. The Morgan fingerprint density at radius 2 is 1.31 bits per heavy atom. The highest BCUT2D eigenvalue weighted by atomic mass is 19.1. The van der Waals surface area contributed by atoms with Crippen LogP contribution >= 0.6 is 0 Å². The number of rotatable bonds is 2. The molecule has 0 atom stereocenters. The Morgan fingerprint density at radius 3 is 1.97 bits per heavy atom. The Bertz CT molecular complexity index is 1080. The Hall–Kier alpha value is -3.41. The summed E-state index contributed by atoms with van der Waals surface area (Å²) in [6.07, 6.45) is 0.584. The van der Waals surface area contributed by atoms with Crippen molar-refractivity contribution < 1.29 is 19.1 Å². The summed E-state index contributed by atoms with van der Waals surface area (Å²) in [6.45, 7) is 1.55. The molecule has 1 fully saturated rings. The van der Waals surface area contributed by atoms with Crippen LogP contribution in [-0.2, 0) is 0 Å². The van der Waals surface area contributed by atoms with E-state index >= 15 is 0 Å². The summed E-state index contributed by atoms with van der Waals surface area (Å²) in [4.78, 5) is 28.9. The number of amides is 2. The number of phenols is 1. The monoisotopic (exact) mass is 392 g/mol. The number of phenolic OH excluding ortho intramolecular Hbond substituents is 1. The molecule has 1 saturated heterocycles. The summed E-state index contributed by atoms with van der Waals surface area (Å²) >= 11 is 0. The third kappa shape index (κ3) is 3.78. The molecule has 0 aromatic heterocycles. The van der Waals surface area contributed by atoms with E-state index in [0.717, 1.165) is 10.8 Å². The standard InChI is InChI=1S/C23H21FN2O3/c24-20-9-4-3-8-18(20)22(28)25-10-5-11-26(13-12-25)23(29)19-14-16-6-1-2-7-17(16)15-21(19)27/h1-4,6-9,14-15,27H,5,10-13H2. The van der Waals surface area contributed by atoms with Gasteiger partial charge >= 0.3 is 0 Å². The minimum atomic E-state index is -0.546. The Labute approximate surface area is 168 Å². The van der Waals surface area contributed by atoms with Crippen LogP contribution in [-0.4, -0.2) is 52.9 Å². The molecule has 1 aliphatic rings. The molecule has 0 spiro atoms. The Balaban J connectivity index is 1.51. The highest BCUT2D eigenvalue weighted by Gasteiger charge is 2.26. The minimum Gasteiger partial charge on any atom is -0.507 e. The van der Waals surface area contributed by atoms with Gasteiger partial charge in [0, 0.05) is 26.2 Å². The molecular weight excluding hydrogens is 371 g/mol. The molecule has 29 heavy (non-hydrogen) atoms. The van der Waals surface area contributed by atoms with Crippen LogP contribution in [0.1, 0.15) is 27.1 Å². The molecule has 4 rings (SSSR count). The maximum Gasteiger partial charge on any atom is 0.257 e. The Morgan fingerprint density at radius 1 is 0.759 bits per heavy atom. The molecule has 5 nitrogen and oxygen atoms in total. The van der Waals surface area contributed by atoms with Gasteiger partial charge in [0.1, 0.15) is 11.6 Å². The van der Waals surface area contributed by atoms with E-state index in [9.17, 15) is 19.1 Å². The second-order valence-electron chi connectivity index (χ2n) is 7.13. The van der Waals surface area contributed by atoms with Crippen LogP contribution in [0.15, 0.2) is 60.7 Å². The van der Waals surface area contributed by atoms with E-state index in [1.807, 2.05) is 24.3 Å². The molecule has 148 valence electrons. The van der Waals surface area contributed by atoms with E-state index in [1.54, 1.807) is 34.1 Å². The van der Waals surface area contributed by atoms with E-state index in [0.29, 0.717) is 32.6 Å². The quantitative estimate of drug-likeness (QED) is 0.724. The maximum atomic E-state index is 14.0. The van der Waals surface area contributed by atoms with Crippen LogP contribution in [0.2, 0.25) is 0 Å². The normalized spacial score (nSPS) is 14.7. The van der Waals surface area contributed by atoms with E-state index < -0.39 is 5.82 Å². The highest BCUT2D eigenvalue weighted by Crippen LogP contribution is 2.26. The first-order chi connectivity index (χ1) is 14.0. The number of hydrogen-bond acceptors (Lipinski definition) is 3. The van der Waals surface area contributed by atoms with Crippen LogP contribution in [0, 0.1) is 5.82 Å². The fourth-order valence-corrected chi connectivity index (χ4v) is 3.70. The van der Waals surface area contributed by atoms with Crippen molar-refractivity contribution in [1.29, 1.82) is 0 Å². The second kappa shape index (κ2) is 7.91. The number of nitrogens with zero attached hydrogens (tertiary/aromatic N) is 2. The zero-order valence-electron chi connectivity index (χ0n) is 15.8. The third-order valence-electron chi connectivity index (χ3n) is 5.27. The van der Waals surface area contributed by atoms with Crippen molar-refractivity contribution >= 4 is 22.6 Å². The van der Waals surface area contributed by atoms with E-state index in [4.69, 9.17) is 0 Å². The van der Waals surface area contributed by atoms with Crippen LogP contribution < -0.4 is 0 Å². The topological polar surface area (TPSA) is 60.9 Å². The first kappa shape index (κ1) is 18.9. The smallest absolute Gasteiger partial charge is 0.257 e. The number of halogens is 1. The van der Waals surface area contributed by atoms with Crippen molar-refractivity contribution in [3.05, 3.63) is 77.6 Å². The molecule has 2 amide bonds. The Kier molecular flexibility index (Phi) is 5.16. The van der Waals surface area contributed by atoms with Gasteiger partial charge < -0.3 is 14.9 Å². The fourth-order valence-electron chi connectivity index (χ4n) is 3.70. The fraction of sp³-hybridized carbons (Fsp3) is 0.217. The van der Waals surface area contributed by atoms with Gasteiger partial charge in [-0.1, -0.05) is 36.4 Å². The van der Waals surface area contributed by atoms with Crippen molar-refractivity contribution in [2.24, 2.45) is 0 Å². The first-order valence-electron chi connectivity index (χ1n) is 9.59. The summed E-state index contributed by atoms with van der Waals surface area (Å²) in [5.74, 6) is -1.24. The molecule has 1 heterocycles. The van der Waals surface area contributed by atoms with Gasteiger partial charge in [-0.25, -0.2) is 4.39 Å². The van der Waals surface area contributed by atoms with Crippen molar-refractivity contribution in [1.82, 2.24) is 9.80 Å². The van der Waals surface area contributed by atoms with Crippen LogP contribution in [0.5, 0.6) is 5.75 Å². The number of aromatic hydroxyl groups is 1. The van der Waals surface area contributed by atoms with Crippen molar-refractivity contribution in [3.8, 4) is 5.75 Å². The largest absolute Gasteiger partial charge is 0.507 e. The van der Waals surface area contributed by atoms with E-state index in [2.05, 4.69) is 0 Å². The maximum absolute atomic E-state index is 14.0. The molecule has 3 aromatic rings. The van der Waals surface area contributed by atoms with Gasteiger partial charge in [-0.05, 0) is 41.5 Å². The average Bonchev–Trinajstić information content (AvgIpc) is 2.99. The van der Waals surface area contributed by atoms with Gasteiger partial charge in [-0.15, -0.1) is 0 Å². The summed E-state index contributed by atoms with van der Waals surface area (Å²) in [6, 6.07) is 16.7. The molecule has 3 aromatic carbocycles. The lowest BCUT2D eigenvalue weighted by molar-refractivity contribution is 0.0714. The molecule has 0 unspecified atom stereocenters. The van der Waals surface area contributed by atoms with Gasteiger partial charge in [0.05, 0.1) is 11.1 Å². The van der Waals surface area contributed by atoms with E-state index in [-0.39, 0.29) is 28.7 Å². The number of carbonyl (C=O) groups is 2. The third-order valence-corrected chi connectivity index (χ3v) is 5.27. The summed E-state index contributed by atoms with van der Waals surface area (Å²) in [5.41, 5.74) is 0.289. The molecule has 0 saturated carbocycles. The predicted octanol–water partition coefficient (Wildman–Crippen LogP) is 3.67. The minimum absolute atomic E-state index is 0.0412. The van der Waals surface area contributed by atoms with Crippen LogP contribution in [0.3, 0.4) is 0 Å². The van der Waals surface area contributed by atoms with Crippen LogP contribution in [0.4, 0.5) is 4.39 Å². The van der Waals surface area contributed by atoms with Gasteiger partial charge in [0.25, 0.3) is 11.8 Å². The predicted molar refractivity (Wildman–Crippen MR) is 108 cm³/mol. The lowest BCUT2D eigenvalue weighted by Gasteiger charge is -2.23. The van der Waals surface area contributed by atoms with Crippen molar-refractivity contribution in [2.45, 2.75) is 6.42 Å². The molecule has 0 bridgehead atoms. The number of benzene rings is 3. The lowest BCUT2D eigenvalue weighted by Crippen LogP contribution is -2.37. The summed E-state index contributed by atoms with van der Waals surface area (Å²) < 4.78 is 14.0. The molecule has 1 aliphatic heterocycles. The van der Waals surface area contributed by atoms with E-state index in [1.165, 1.54) is 12.1 Å². The highest BCUT2D eigenvalue weighted by molar-refractivity contribution is 6.01. The SMILES string of the molecule is O=C(c1cc2ccccc2cc1O)N1CCCN(C(=O)c2ccccc2F)CC1. The molecule has 0 radical (unpaired) electrons. The summed E-state index contributed by atoms with van der Waals surface area (Å²) in [7, 11) is 0. The van der Waals surface area contributed by atoms with Crippen LogP contribution in [0.25, 0.3) is 10.8 Å². The van der Waals surface area contributed by atoms with Gasteiger partial charge in [-0.2, -0.15) is 0 Å². The first-order valence-corrected chi connectivity index (χ1v) is 9.59. The average molecular weight is 392 g/mol.